The fraction of sp³-hybridized carbons (Fsp3) is 0.250. The second-order valence-electron chi connectivity index (χ2n) is 5.22. The van der Waals surface area contributed by atoms with Crippen molar-refractivity contribution in [2.24, 2.45) is 5.84 Å². The monoisotopic (exact) mass is 362 g/mol. The van der Waals surface area contributed by atoms with Crippen LogP contribution in [-0.4, -0.2) is 12.2 Å². The van der Waals surface area contributed by atoms with Crippen LogP contribution in [0.2, 0.25) is 0 Å². The maximum atomic E-state index is 13.2. The van der Waals surface area contributed by atoms with Crippen molar-refractivity contribution >= 4 is 5.69 Å². The third-order valence-electron chi connectivity index (χ3n) is 3.44. The molecule has 0 fully saturated rings. The van der Waals surface area contributed by atoms with E-state index in [0.717, 1.165) is 29.3 Å². The van der Waals surface area contributed by atoms with Gasteiger partial charge in [-0.05, 0) is 30.3 Å². The van der Waals surface area contributed by atoms with Gasteiger partial charge in [-0.3, -0.25) is 0 Å². The molecular formula is C16H15F5N2O2. The van der Waals surface area contributed by atoms with E-state index in [1.165, 1.54) is 19.2 Å². The molecule has 3 N–H and O–H groups in total. The Morgan fingerprint density at radius 2 is 1.88 bits per heavy atom. The van der Waals surface area contributed by atoms with Crippen molar-refractivity contribution in [3.8, 4) is 11.5 Å². The largest absolute Gasteiger partial charge is 0.508 e. The van der Waals surface area contributed by atoms with Crippen LogP contribution < -0.4 is 15.6 Å². The highest BCUT2D eigenvalue weighted by Gasteiger charge is 2.35. The van der Waals surface area contributed by atoms with E-state index in [9.17, 15) is 27.1 Å². The highest BCUT2D eigenvalue weighted by molar-refractivity contribution is 5.56. The fourth-order valence-electron chi connectivity index (χ4n) is 2.31. The number of hydrogen-bond donors (Lipinski definition) is 2. The lowest BCUT2D eigenvalue weighted by Gasteiger charge is -2.22. The Hall–Kier alpha value is -2.55. The lowest BCUT2D eigenvalue weighted by Crippen LogP contribution is -2.27. The van der Waals surface area contributed by atoms with Crippen LogP contribution in [0.4, 0.5) is 27.6 Å². The van der Waals surface area contributed by atoms with Gasteiger partial charge in [0.05, 0.1) is 16.8 Å². The zero-order chi connectivity index (χ0) is 18.8. The zero-order valence-corrected chi connectivity index (χ0v) is 13.0. The summed E-state index contributed by atoms with van der Waals surface area (Å²) in [5.41, 5.74) is -1.83. The Morgan fingerprint density at radius 3 is 2.44 bits per heavy atom. The molecule has 4 nitrogen and oxygen atoms in total. The third kappa shape index (κ3) is 4.30. The predicted molar refractivity (Wildman–Crippen MR) is 81.4 cm³/mol. The molecule has 0 amide bonds. The molecule has 2 rings (SSSR count). The molecule has 136 valence electrons. The van der Waals surface area contributed by atoms with Crippen LogP contribution in [0.3, 0.4) is 0 Å². The molecule has 25 heavy (non-hydrogen) atoms. The van der Waals surface area contributed by atoms with E-state index in [1.54, 1.807) is 0 Å². The molecule has 0 heterocycles. The number of hydrogen-bond acceptors (Lipinski definition) is 4. The second-order valence-corrected chi connectivity index (χ2v) is 5.22. The molecule has 0 saturated carbocycles. The van der Waals surface area contributed by atoms with Gasteiger partial charge in [-0.15, -0.1) is 0 Å². The maximum Gasteiger partial charge on any atom is 0.416 e. The number of phenols is 1. The van der Waals surface area contributed by atoms with E-state index < -0.39 is 36.1 Å². The zero-order valence-electron chi connectivity index (χ0n) is 13.0. The Labute approximate surface area is 140 Å². The van der Waals surface area contributed by atoms with Gasteiger partial charge in [-0.1, -0.05) is 6.07 Å². The molecule has 0 bridgehead atoms. The van der Waals surface area contributed by atoms with E-state index in [0.29, 0.717) is 0 Å². The highest BCUT2D eigenvalue weighted by Crippen LogP contribution is 2.37. The average Bonchev–Trinajstić information content (AvgIpc) is 2.52. The summed E-state index contributed by atoms with van der Waals surface area (Å²) in [5, 5.41) is 10.3. The first-order chi connectivity index (χ1) is 11.6. The number of phenolic OH excluding ortho intramolecular Hbond substituents is 1. The minimum atomic E-state index is -4.66. The summed E-state index contributed by atoms with van der Waals surface area (Å²) < 4.78 is 70.8. The van der Waals surface area contributed by atoms with Crippen molar-refractivity contribution in [2.45, 2.75) is 19.2 Å². The highest BCUT2D eigenvalue weighted by atomic mass is 19.4. The van der Waals surface area contributed by atoms with Crippen LogP contribution >= 0.6 is 0 Å². The molecule has 2 aromatic rings. The van der Waals surface area contributed by atoms with Crippen LogP contribution in [-0.2, 0) is 12.8 Å². The predicted octanol–water partition coefficient (Wildman–Crippen LogP) is 4.24. The third-order valence-corrected chi connectivity index (χ3v) is 3.44. The summed E-state index contributed by atoms with van der Waals surface area (Å²) in [6.07, 6.45) is -7.62. The van der Waals surface area contributed by atoms with Gasteiger partial charge in [0.15, 0.2) is 0 Å². The Balaban J connectivity index is 2.41. The molecule has 0 aliphatic carbocycles. The first kappa shape index (κ1) is 18.8. The summed E-state index contributed by atoms with van der Waals surface area (Å²) in [6, 6.07) is 6.38. The summed E-state index contributed by atoms with van der Waals surface area (Å²) in [6.45, 7) is -0.628. The molecule has 0 saturated heterocycles. The fourth-order valence-corrected chi connectivity index (χ4v) is 2.31. The van der Waals surface area contributed by atoms with Gasteiger partial charge in [0.1, 0.15) is 18.1 Å². The van der Waals surface area contributed by atoms with E-state index in [2.05, 4.69) is 0 Å². The number of halogens is 5. The molecule has 0 aliphatic rings. The minimum Gasteiger partial charge on any atom is -0.508 e. The quantitative estimate of drug-likeness (QED) is 0.475. The Morgan fingerprint density at radius 1 is 1.20 bits per heavy atom. The van der Waals surface area contributed by atoms with Gasteiger partial charge in [-0.2, -0.15) is 13.2 Å². The van der Waals surface area contributed by atoms with Crippen LogP contribution in [0, 0.1) is 0 Å². The second kappa shape index (κ2) is 7.14. The molecule has 9 heteroatoms. The van der Waals surface area contributed by atoms with Crippen molar-refractivity contribution in [2.75, 3.05) is 12.1 Å². The number of ether oxygens (including phenoxy) is 1. The normalized spacial score (nSPS) is 11.7. The van der Waals surface area contributed by atoms with E-state index in [-0.39, 0.29) is 17.0 Å². The number of aromatic hydroxyl groups is 1. The van der Waals surface area contributed by atoms with Crippen molar-refractivity contribution in [3.63, 3.8) is 0 Å². The SMILES string of the molecule is CN(N)c1cccc(C(F)(F)F)c1COc1ccc(O)cc1C(F)F. The molecule has 0 spiro atoms. The standard InChI is InChI=1S/C16H15F5N2O2/c1-23(22)13-4-2-3-12(16(19,20)21)11(13)8-25-14-6-5-9(24)7-10(14)15(17)18/h2-7,15,24H,8,22H2,1H3. The number of alkyl halides is 5. The summed E-state index contributed by atoms with van der Waals surface area (Å²) in [5.74, 6) is 4.83. The lowest BCUT2D eigenvalue weighted by molar-refractivity contribution is -0.138. The number of anilines is 1. The van der Waals surface area contributed by atoms with Gasteiger partial charge in [0.25, 0.3) is 6.43 Å². The number of rotatable bonds is 5. The summed E-state index contributed by atoms with van der Waals surface area (Å²) in [4.78, 5) is 0. The van der Waals surface area contributed by atoms with Crippen LogP contribution in [0.25, 0.3) is 0 Å². The molecule has 0 radical (unpaired) electrons. The first-order valence-electron chi connectivity index (χ1n) is 7.02. The molecule has 0 atom stereocenters. The van der Waals surface area contributed by atoms with Crippen LogP contribution in [0.5, 0.6) is 11.5 Å². The Kier molecular flexibility index (Phi) is 5.36. The van der Waals surface area contributed by atoms with Crippen LogP contribution in [0.15, 0.2) is 36.4 Å². The Bertz CT molecular complexity index is 748. The first-order valence-corrected chi connectivity index (χ1v) is 7.02. The minimum absolute atomic E-state index is 0.0483. The van der Waals surface area contributed by atoms with E-state index in [1.807, 2.05) is 0 Å². The number of nitrogens with zero attached hydrogens (tertiary/aromatic N) is 1. The smallest absolute Gasteiger partial charge is 0.416 e. The van der Waals surface area contributed by atoms with Crippen molar-refractivity contribution in [1.82, 2.24) is 0 Å². The molecule has 2 aromatic carbocycles. The van der Waals surface area contributed by atoms with Gasteiger partial charge >= 0.3 is 6.18 Å². The van der Waals surface area contributed by atoms with Gasteiger partial charge in [-0.25, -0.2) is 14.6 Å². The average molecular weight is 362 g/mol. The molecule has 0 unspecified atom stereocenters. The molecular weight excluding hydrogens is 347 g/mol. The lowest BCUT2D eigenvalue weighted by atomic mass is 10.0. The van der Waals surface area contributed by atoms with Gasteiger partial charge in [0, 0.05) is 12.6 Å². The van der Waals surface area contributed by atoms with E-state index >= 15 is 0 Å². The van der Waals surface area contributed by atoms with E-state index in [4.69, 9.17) is 10.6 Å². The van der Waals surface area contributed by atoms with Gasteiger partial charge < -0.3 is 14.9 Å². The number of nitrogens with two attached hydrogens (primary N) is 1. The van der Waals surface area contributed by atoms with Crippen molar-refractivity contribution in [3.05, 3.63) is 53.1 Å². The van der Waals surface area contributed by atoms with Crippen molar-refractivity contribution in [1.29, 1.82) is 0 Å². The molecule has 0 aliphatic heterocycles. The number of benzene rings is 2. The summed E-state index contributed by atoms with van der Waals surface area (Å²) in [7, 11) is 1.35. The van der Waals surface area contributed by atoms with Crippen molar-refractivity contribution < 1.29 is 31.8 Å². The molecule has 0 aromatic heterocycles. The number of hydrazine groups is 1. The van der Waals surface area contributed by atoms with Crippen LogP contribution in [0.1, 0.15) is 23.1 Å². The van der Waals surface area contributed by atoms with Gasteiger partial charge in [0.2, 0.25) is 0 Å². The summed E-state index contributed by atoms with van der Waals surface area (Å²) >= 11 is 0. The maximum absolute atomic E-state index is 13.2. The topological polar surface area (TPSA) is 58.7 Å².